The van der Waals surface area contributed by atoms with Crippen molar-refractivity contribution in [3.8, 4) is 0 Å². The number of carbonyl (C=O) groups is 1. The first-order valence-electron chi connectivity index (χ1n) is 10.9. The molecule has 4 rings (SSSR count). The zero-order valence-electron chi connectivity index (χ0n) is 19.0. The highest BCUT2D eigenvalue weighted by atomic mass is 32.2. The van der Waals surface area contributed by atoms with Crippen LogP contribution in [0, 0.1) is 0 Å². The van der Waals surface area contributed by atoms with Crippen molar-refractivity contribution in [2.24, 2.45) is 0 Å². The van der Waals surface area contributed by atoms with E-state index in [9.17, 15) is 18.0 Å². The number of H-pyrrole nitrogens is 2. The molecule has 1 aliphatic heterocycles. The highest BCUT2D eigenvalue weighted by Gasteiger charge is 2.28. The fraction of sp³-hybridized carbons (Fsp3) is 0.391. The Hall–Kier alpha value is -3.11. The summed E-state index contributed by atoms with van der Waals surface area (Å²) in [6.45, 7) is 9.35. The number of hydrogen-bond donors (Lipinski definition) is 3. The molecule has 2 aromatic carbocycles. The Morgan fingerprint density at radius 3 is 2.45 bits per heavy atom. The summed E-state index contributed by atoms with van der Waals surface area (Å²) in [5.41, 5.74) is 1.05. The first-order valence-corrected chi connectivity index (χ1v) is 12.4. The van der Waals surface area contributed by atoms with Crippen LogP contribution in [0.3, 0.4) is 0 Å². The summed E-state index contributed by atoms with van der Waals surface area (Å²) in [6, 6.07) is 11.0. The predicted octanol–water partition coefficient (Wildman–Crippen LogP) is 2.60. The van der Waals surface area contributed by atoms with Crippen LogP contribution in [0.15, 0.2) is 52.2 Å². The molecule has 0 unspecified atom stereocenters. The van der Waals surface area contributed by atoms with Gasteiger partial charge in [-0.2, -0.15) is 0 Å². The maximum atomic E-state index is 13.4. The quantitative estimate of drug-likeness (QED) is 0.541. The third kappa shape index (κ3) is 4.96. The number of carbonyl (C=O) groups excluding carboxylic acids is 1. The number of rotatable bonds is 4. The van der Waals surface area contributed by atoms with Crippen molar-refractivity contribution in [3.05, 3.63) is 58.5 Å². The van der Waals surface area contributed by atoms with Crippen LogP contribution >= 0.6 is 0 Å². The van der Waals surface area contributed by atoms with Crippen LogP contribution in [0.1, 0.15) is 37.6 Å². The van der Waals surface area contributed by atoms with E-state index in [2.05, 4.69) is 40.4 Å². The summed E-state index contributed by atoms with van der Waals surface area (Å²) >= 11 is 0. The first-order chi connectivity index (χ1) is 15.5. The van der Waals surface area contributed by atoms with E-state index in [1.54, 1.807) is 29.2 Å². The first kappa shape index (κ1) is 23.1. The molecule has 1 aromatic heterocycles. The van der Waals surface area contributed by atoms with E-state index in [-0.39, 0.29) is 22.0 Å². The Morgan fingerprint density at radius 1 is 0.970 bits per heavy atom. The van der Waals surface area contributed by atoms with Crippen molar-refractivity contribution < 1.29 is 13.2 Å². The number of fused-ring (bicyclic) bond motifs is 1. The molecule has 33 heavy (non-hydrogen) atoms. The van der Waals surface area contributed by atoms with Gasteiger partial charge in [-0.05, 0) is 57.5 Å². The molecule has 1 aliphatic rings. The third-order valence-electron chi connectivity index (χ3n) is 5.93. The van der Waals surface area contributed by atoms with Gasteiger partial charge in [0.2, 0.25) is 0 Å². The number of aromatic nitrogens is 2. The topological polar surface area (TPSA) is 118 Å². The summed E-state index contributed by atoms with van der Waals surface area (Å²) < 4.78 is 28.7. The molecule has 3 N–H and O–H groups in total. The minimum absolute atomic E-state index is 0.0110. The number of anilines is 1. The number of nitrogens with one attached hydrogen (secondary N) is 3. The Kier molecular flexibility index (Phi) is 6.06. The van der Waals surface area contributed by atoms with Crippen molar-refractivity contribution in [3.63, 3.8) is 0 Å². The standard InChI is InChI=1S/C23H29N5O4S/c1-23(2,3)28-12-6-11-27(13-14-28)21(29)17-7-4-5-8-18(17)26-33(31,32)16-9-10-19-20(15-16)25-22(30)24-19/h4-5,7-10,15,26H,6,11-14H2,1-3H3,(H2,24,25,30). The van der Waals surface area contributed by atoms with Crippen molar-refractivity contribution in [1.82, 2.24) is 19.8 Å². The normalized spacial score (nSPS) is 16.0. The number of sulfonamides is 1. The number of nitrogens with zero attached hydrogens (tertiary/aromatic N) is 2. The lowest BCUT2D eigenvalue weighted by Gasteiger charge is -2.34. The summed E-state index contributed by atoms with van der Waals surface area (Å²) in [7, 11) is -3.98. The summed E-state index contributed by atoms with van der Waals surface area (Å²) in [6.07, 6.45) is 0.853. The molecule has 0 radical (unpaired) electrons. The Labute approximate surface area is 192 Å². The summed E-state index contributed by atoms with van der Waals surface area (Å²) in [5, 5.41) is 0. The number of benzene rings is 2. The SMILES string of the molecule is CC(C)(C)N1CCCN(C(=O)c2ccccc2NS(=O)(=O)c2ccc3[nH]c(=O)[nH]c3c2)CC1. The monoisotopic (exact) mass is 471 g/mol. The Balaban J connectivity index is 1.58. The maximum Gasteiger partial charge on any atom is 0.323 e. The maximum absolute atomic E-state index is 13.4. The van der Waals surface area contributed by atoms with Gasteiger partial charge < -0.3 is 14.9 Å². The van der Waals surface area contributed by atoms with E-state index in [1.165, 1.54) is 18.2 Å². The van der Waals surface area contributed by atoms with Gasteiger partial charge >= 0.3 is 5.69 Å². The van der Waals surface area contributed by atoms with E-state index < -0.39 is 15.7 Å². The van der Waals surface area contributed by atoms with Gasteiger partial charge in [0.25, 0.3) is 15.9 Å². The molecule has 1 saturated heterocycles. The number of aromatic amines is 2. The van der Waals surface area contributed by atoms with Crippen molar-refractivity contribution in [2.75, 3.05) is 30.9 Å². The molecule has 0 atom stereocenters. The third-order valence-corrected chi connectivity index (χ3v) is 7.29. The highest BCUT2D eigenvalue weighted by Crippen LogP contribution is 2.24. The van der Waals surface area contributed by atoms with Crippen molar-refractivity contribution in [1.29, 1.82) is 0 Å². The van der Waals surface area contributed by atoms with E-state index >= 15 is 0 Å². The second-order valence-corrected chi connectivity index (χ2v) is 10.9. The molecule has 1 fully saturated rings. The van der Waals surface area contributed by atoms with Gasteiger partial charge in [0.1, 0.15) is 0 Å². The molecular formula is C23H29N5O4S. The molecule has 0 bridgehead atoms. The van der Waals surface area contributed by atoms with Gasteiger partial charge in [-0.3, -0.25) is 14.4 Å². The minimum Gasteiger partial charge on any atom is -0.337 e. The van der Waals surface area contributed by atoms with Crippen molar-refractivity contribution >= 4 is 32.7 Å². The van der Waals surface area contributed by atoms with Crippen LogP contribution in [-0.2, 0) is 10.0 Å². The summed E-state index contributed by atoms with van der Waals surface area (Å²) in [4.78, 5) is 34.1. The van der Waals surface area contributed by atoms with Crippen LogP contribution in [0.25, 0.3) is 11.0 Å². The number of imidazole rings is 1. The zero-order valence-corrected chi connectivity index (χ0v) is 19.8. The second-order valence-electron chi connectivity index (χ2n) is 9.24. The number of para-hydroxylation sites is 1. The van der Waals surface area contributed by atoms with Crippen LogP contribution in [0.4, 0.5) is 5.69 Å². The van der Waals surface area contributed by atoms with Gasteiger partial charge in [-0.25, -0.2) is 13.2 Å². The Morgan fingerprint density at radius 2 is 1.70 bits per heavy atom. The average molecular weight is 472 g/mol. The lowest BCUT2D eigenvalue weighted by Crippen LogP contribution is -2.44. The average Bonchev–Trinajstić information content (AvgIpc) is 2.94. The van der Waals surface area contributed by atoms with Gasteiger partial charge in [0.05, 0.1) is 27.2 Å². The molecule has 10 heteroatoms. The van der Waals surface area contributed by atoms with Crippen molar-refractivity contribution in [2.45, 2.75) is 37.6 Å². The molecule has 1 amide bonds. The minimum atomic E-state index is -3.98. The lowest BCUT2D eigenvalue weighted by molar-refractivity contribution is 0.0750. The van der Waals surface area contributed by atoms with E-state index in [1.807, 2.05) is 0 Å². The van der Waals surface area contributed by atoms with Crippen LogP contribution < -0.4 is 10.4 Å². The number of hydrogen-bond acceptors (Lipinski definition) is 5. The smallest absolute Gasteiger partial charge is 0.323 e. The van der Waals surface area contributed by atoms with Gasteiger partial charge in [0.15, 0.2) is 0 Å². The van der Waals surface area contributed by atoms with E-state index in [0.717, 1.165) is 19.5 Å². The molecule has 2 heterocycles. The lowest BCUT2D eigenvalue weighted by atomic mass is 10.1. The molecule has 176 valence electrons. The van der Waals surface area contributed by atoms with Crippen LogP contribution in [0.2, 0.25) is 0 Å². The molecule has 3 aromatic rings. The van der Waals surface area contributed by atoms with Crippen LogP contribution in [-0.4, -0.2) is 65.8 Å². The largest absolute Gasteiger partial charge is 0.337 e. The fourth-order valence-electron chi connectivity index (χ4n) is 4.10. The fourth-order valence-corrected chi connectivity index (χ4v) is 5.21. The predicted molar refractivity (Wildman–Crippen MR) is 128 cm³/mol. The molecule has 0 aliphatic carbocycles. The molecule has 0 spiro atoms. The highest BCUT2D eigenvalue weighted by molar-refractivity contribution is 7.92. The van der Waals surface area contributed by atoms with Gasteiger partial charge in [-0.15, -0.1) is 0 Å². The Bertz CT molecular complexity index is 1340. The second kappa shape index (κ2) is 8.68. The van der Waals surface area contributed by atoms with E-state index in [0.29, 0.717) is 29.7 Å². The molecular weight excluding hydrogens is 442 g/mol. The summed E-state index contributed by atoms with van der Waals surface area (Å²) in [5.74, 6) is -0.200. The molecule has 0 saturated carbocycles. The number of amides is 1. The molecule has 9 nitrogen and oxygen atoms in total. The van der Waals surface area contributed by atoms with Gasteiger partial charge in [-0.1, -0.05) is 12.1 Å². The van der Waals surface area contributed by atoms with E-state index in [4.69, 9.17) is 0 Å². The van der Waals surface area contributed by atoms with Gasteiger partial charge in [0, 0.05) is 31.7 Å². The van der Waals surface area contributed by atoms with Crippen LogP contribution in [0.5, 0.6) is 0 Å². The zero-order chi connectivity index (χ0) is 23.8.